The lowest BCUT2D eigenvalue weighted by Gasteiger charge is -2.10. The van der Waals surface area contributed by atoms with Crippen LogP contribution in [0.3, 0.4) is 0 Å². The van der Waals surface area contributed by atoms with Crippen LogP contribution >= 0.6 is 0 Å². The quantitative estimate of drug-likeness (QED) is 0.831. The topological polar surface area (TPSA) is 58.2 Å². The van der Waals surface area contributed by atoms with Gasteiger partial charge in [-0.15, -0.1) is 0 Å². The molecule has 0 aromatic heterocycles. The second-order valence-corrected chi connectivity index (χ2v) is 5.98. The molecule has 0 atom stereocenters. The molecule has 0 fully saturated rings. The van der Waals surface area contributed by atoms with E-state index in [0.717, 1.165) is 18.5 Å². The highest BCUT2D eigenvalue weighted by Crippen LogP contribution is 2.16. The van der Waals surface area contributed by atoms with Crippen LogP contribution in [-0.2, 0) is 10.0 Å². The van der Waals surface area contributed by atoms with E-state index in [1.807, 2.05) is 12.1 Å². The number of nitrogens with one attached hydrogen (secondary N) is 2. The van der Waals surface area contributed by atoms with Crippen molar-refractivity contribution in [2.75, 3.05) is 22.8 Å². The monoisotopic (exact) mass is 242 g/mol. The minimum atomic E-state index is -3.20. The van der Waals surface area contributed by atoms with E-state index in [-0.39, 0.29) is 0 Å². The van der Waals surface area contributed by atoms with Crippen molar-refractivity contribution in [3.05, 3.63) is 24.3 Å². The minimum absolute atomic E-state index is 0.548. The van der Waals surface area contributed by atoms with E-state index in [1.165, 1.54) is 0 Å². The summed E-state index contributed by atoms with van der Waals surface area (Å²) in [6.45, 7) is 5.10. The van der Waals surface area contributed by atoms with E-state index in [4.69, 9.17) is 0 Å². The molecule has 0 amide bonds. The fourth-order valence-electron chi connectivity index (χ4n) is 1.23. The van der Waals surface area contributed by atoms with Crippen LogP contribution in [0.5, 0.6) is 0 Å². The van der Waals surface area contributed by atoms with Gasteiger partial charge in [0.05, 0.1) is 11.9 Å². The molecule has 0 saturated carbocycles. The number of anilines is 2. The van der Waals surface area contributed by atoms with Crippen molar-refractivity contribution in [3.8, 4) is 0 Å². The zero-order valence-electron chi connectivity index (χ0n) is 9.82. The molecule has 0 spiro atoms. The summed E-state index contributed by atoms with van der Waals surface area (Å²) in [7, 11) is -3.20. The van der Waals surface area contributed by atoms with Gasteiger partial charge >= 0.3 is 0 Å². The van der Waals surface area contributed by atoms with Crippen LogP contribution in [0, 0.1) is 5.92 Å². The van der Waals surface area contributed by atoms with Gasteiger partial charge in [-0.05, 0) is 24.1 Å². The Hall–Kier alpha value is -1.23. The minimum Gasteiger partial charge on any atom is -0.385 e. The SMILES string of the molecule is CC(C)CNc1cccc(NS(C)(=O)=O)c1. The lowest BCUT2D eigenvalue weighted by atomic mass is 10.2. The normalized spacial score (nSPS) is 11.5. The largest absolute Gasteiger partial charge is 0.385 e. The lowest BCUT2D eigenvalue weighted by molar-refractivity contribution is 0.607. The highest BCUT2D eigenvalue weighted by molar-refractivity contribution is 7.92. The van der Waals surface area contributed by atoms with E-state index >= 15 is 0 Å². The fraction of sp³-hybridized carbons (Fsp3) is 0.455. The standard InChI is InChI=1S/C11H18N2O2S/c1-9(2)8-12-10-5-4-6-11(7-10)13-16(3,14)15/h4-7,9,12-13H,8H2,1-3H3. The Labute approximate surface area is 97.1 Å². The number of hydrogen-bond donors (Lipinski definition) is 2. The van der Waals surface area contributed by atoms with Gasteiger partial charge in [0.25, 0.3) is 0 Å². The van der Waals surface area contributed by atoms with Crippen molar-refractivity contribution in [1.29, 1.82) is 0 Å². The van der Waals surface area contributed by atoms with Crippen LogP contribution < -0.4 is 10.0 Å². The summed E-state index contributed by atoms with van der Waals surface area (Å²) in [4.78, 5) is 0. The first-order valence-corrected chi connectivity index (χ1v) is 7.07. The molecule has 0 saturated heterocycles. The Morgan fingerprint density at radius 3 is 2.44 bits per heavy atom. The predicted molar refractivity (Wildman–Crippen MR) is 68.2 cm³/mol. The summed E-state index contributed by atoms with van der Waals surface area (Å²) in [5.41, 5.74) is 1.50. The Balaban J connectivity index is 2.71. The van der Waals surface area contributed by atoms with Crippen LogP contribution in [0.4, 0.5) is 11.4 Å². The van der Waals surface area contributed by atoms with Crippen LogP contribution in [0.2, 0.25) is 0 Å². The Morgan fingerprint density at radius 1 is 1.25 bits per heavy atom. The van der Waals surface area contributed by atoms with Crippen molar-refractivity contribution in [1.82, 2.24) is 0 Å². The first-order valence-electron chi connectivity index (χ1n) is 5.18. The second kappa shape index (κ2) is 5.21. The zero-order chi connectivity index (χ0) is 12.2. The molecule has 4 nitrogen and oxygen atoms in total. The molecule has 90 valence electrons. The van der Waals surface area contributed by atoms with Gasteiger partial charge in [0.2, 0.25) is 10.0 Å². The molecule has 0 radical (unpaired) electrons. The highest BCUT2D eigenvalue weighted by atomic mass is 32.2. The molecular formula is C11H18N2O2S. The first-order chi connectivity index (χ1) is 7.37. The van der Waals surface area contributed by atoms with Gasteiger partial charge in [0.1, 0.15) is 0 Å². The molecule has 0 bridgehead atoms. The molecule has 0 heterocycles. The van der Waals surface area contributed by atoms with Crippen molar-refractivity contribution >= 4 is 21.4 Å². The maximum absolute atomic E-state index is 11.0. The van der Waals surface area contributed by atoms with Crippen molar-refractivity contribution < 1.29 is 8.42 Å². The lowest BCUT2D eigenvalue weighted by Crippen LogP contribution is -2.11. The second-order valence-electron chi connectivity index (χ2n) is 4.23. The number of sulfonamides is 1. The number of hydrogen-bond acceptors (Lipinski definition) is 3. The van der Waals surface area contributed by atoms with Crippen LogP contribution in [0.1, 0.15) is 13.8 Å². The Bertz CT molecular complexity index is 441. The maximum atomic E-state index is 11.0. The summed E-state index contributed by atoms with van der Waals surface area (Å²) in [5, 5.41) is 3.24. The first kappa shape index (κ1) is 12.8. The van der Waals surface area contributed by atoms with Crippen molar-refractivity contribution in [2.24, 2.45) is 5.92 Å². The van der Waals surface area contributed by atoms with Gasteiger partial charge in [-0.3, -0.25) is 4.72 Å². The molecule has 2 N–H and O–H groups in total. The van der Waals surface area contributed by atoms with E-state index in [0.29, 0.717) is 11.6 Å². The molecule has 0 aliphatic rings. The molecule has 16 heavy (non-hydrogen) atoms. The maximum Gasteiger partial charge on any atom is 0.229 e. The Morgan fingerprint density at radius 2 is 1.88 bits per heavy atom. The molecular weight excluding hydrogens is 224 g/mol. The number of benzene rings is 1. The number of rotatable bonds is 5. The third-order valence-corrected chi connectivity index (χ3v) is 2.49. The molecule has 0 aliphatic heterocycles. The fourth-order valence-corrected chi connectivity index (χ4v) is 1.78. The average molecular weight is 242 g/mol. The van der Waals surface area contributed by atoms with E-state index in [9.17, 15) is 8.42 Å². The van der Waals surface area contributed by atoms with Gasteiger partial charge in [-0.2, -0.15) is 0 Å². The molecule has 1 aromatic carbocycles. The van der Waals surface area contributed by atoms with Gasteiger partial charge < -0.3 is 5.32 Å². The molecule has 1 aromatic rings. The summed E-state index contributed by atoms with van der Waals surface area (Å²) in [6.07, 6.45) is 1.14. The third kappa shape index (κ3) is 5.02. The summed E-state index contributed by atoms with van der Waals surface area (Å²) in [5.74, 6) is 0.548. The summed E-state index contributed by atoms with van der Waals surface area (Å²) in [6, 6.07) is 7.23. The molecule has 5 heteroatoms. The predicted octanol–water partition coefficient (Wildman–Crippen LogP) is 2.13. The molecule has 0 aliphatic carbocycles. The van der Waals surface area contributed by atoms with Gasteiger partial charge in [-0.1, -0.05) is 19.9 Å². The van der Waals surface area contributed by atoms with Crippen molar-refractivity contribution in [2.45, 2.75) is 13.8 Å². The van der Waals surface area contributed by atoms with Crippen molar-refractivity contribution in [3.63, 3.8) is 0 Å². The Kier molecular flexibility index (Phi) is 4.18. The third-order valence-electron chi connectivity index (χ3n) is 1.88. The van der Waals surface area contributed by atoms with Crippen LogP contribution in [0.25, 0.3) is 0 Å². The van der Waals surface area contributed by atoms with Crippen LogP contribution in [-0.4, -0.2) is 21.2 Å². The molecule has 0 unspecified atom stereocenters. The summed E-state index contributed by atoms with van der Waals surface area (Å²) < 4.78 is 24.5. The van der Waals surface area contributed by atoms with Crippen LogP contribution in [0.15, 0.2) is 24.3 Å². The van der Waals surface area contributed by atoms with E-state index in [2.05, 4.69) is 23.9 Å². The average Bonchev–Trinajstić information content (AvgIpc) is 2.12. The smallest absolute Gasteiger partial charge is 0.229 e. The van der Waals surface area contributed by atoms with Gasteiger partial charge in [0.15, 0.2) is 0 Å². The van der Waals surface area contributed by atoms with Gasteiger partial charge in [0, 0.05) is 12.2 Å². The van der Waals surface area contributed by atoms with E-state index < -0.39 is 10.0 Å². The highest BCUT2D eigenvalue weighted by Gasteiger charge is 2.02. The molecule has 1 rings (SSSR count). The van der Waals surface area contributed by atoms with Gasteiger partial charge in [-0.25, -0.2) is 8.42 Å². The summed E-state index contributed by atoms with van der Waals surface area (Å²) >= 11 is 0. The van der Waals surface area contributed by atoms with E-state index in [1.54, 1.807) is 12.1 Å². The zero-order valence-corrected chi connectivity index (χ0v) is 10.6.